The van der Waals surface area contributed by atoms with Gasteiger partial charge in [-0.2, -0.15) is 0 Å². The van der Waals surface area contributed by atoms with Crippen LogP contribution < -0.4 is 4.98 Å². The summed E-state index contributed by atoms with van der Waals surface area (Å²) in [6.45, 7) is 3.10. The van der Waals surface area contributed by atoms with Crippen molar-refractivity contribution < 1.29 is 32.8 Å². The summed E-state index contributed by atoms with van der Waals surface area (Å²) in [6.07, 6.45) is 0. The van der Waals surface area contributed by atoms with Gasteiger partial charge in [-0.25, -0.2) is 0 Å². The normalized spacial score (nSPS) is 11.4. The van der Waals surface area contributed by atoms with Crippen molar-refractivity contribution in [2.24, 2.45) is 9.98 Å². The number of nitro benzene ring substituents is 4. The average molecular weight is 607 g/mol. The molecule has 0 fully saturated rings. The topological polar surface area (TPSA) is 211 Å². The number of nitrogens with zero attached hydrogens (tertiary/aromatic N) is 7. The molecule has 3 aromatic rings. The fourth-order valence-corrected chi connectivity index (χ4v) is 2.98. The minimum absolute atomic E-state index is 0.0118. The van der Waals surface area contributed by atoms with E-state index in [4.69, 9.17) is 20.2 Å². The summed E-state index contributed by atoms with van der Waals surface area (Å²) in [4.78, 5) is 53.9. The van der Waals surface area contributed by atoms with Crippen molar-refractivity contribution in [2.75, 3.05) is 0 Å². The zero-order valence-electron chi connectivity index (χ0n) is 19.1. The summed E-state index contributed by atoms with van der Waals surface area (Å²) in [5.41, 5.74) is -0.708. The number of aromatic nitrogens is 1. The molecule has 0 saturated carbocycles. The molecular formula is C20H14Cl2FeN7O8. The van der Waals surface area contributed by atoms with E-state index in [9.17, 15) is 40.5 Å². The quantitative estimate of drug-likeness (QED) is 0.128. The predicted octanol–water partition coefficient (Wildman–Crippen LogP) is 5.93. The average Bonchev–Trinajstić information content (AvgIpc) is 3.35. The number of rotatable bonds is 8. The van der Waals surface area contributed by atoms with Gasteiger partial charge in [0, 0.05) is 35.7 Å². The third-order valence-electron chi connectivity index (χ3n) is 4.59. The Morgan fingerprint density at radius 3 is 1.16 bits per heavy atom. The van der Waals surface area contributed by atoms with Gasteiger partial charge in [-0.15, -0.1) is 11.4 Å². The van der Waals surface area contributed by atoms with Crippen LogP contribution in [0, 0.1) is 40.5 Å². The number of nitro groups is 4. The fraction of sp³-hybridized carbons (Fsp3) is 0.100. The summed E-state index contributed by atoms with van der Waals surface area (Å²) in [5.74, 6) is 0. The van der Waals surface area contributed by atoms with Crippen molar-refractivity contribution in [1.29, 1.82) is 0 Å². The first-order valence-electron chi connectivity index (χ1n) is 9.84. The molecule has 0 radical (unpaired) electrons. The zero-order chi connectivity index (χ0) is 28.6. The number of hydrogen-bond acceptors (Lipinski definition) is 10. The SMILES string of the molecule is CC(=Nc1cc([N+](=O)[O-])cc([N+](=O)[O-])c1)c1ccc(C(C)=Nc2cc([N+](=O)[O-])cc([N+](=O)[O-])c2)[n-]1.[Cl][Fe+][Cl]. The first-order chi connectivity index (χ1) is 17.9. The molecule has 0 amide bonds. The molecule has 1 heterocycles. The van der Waals surface area contributed by atoms with E-state index < -0.39 is 42.4 Å². The monoisotopic (exact) mass is 606 g/mol. The van der Waals surface area contributed by atoms with Gasteiger partial charge in [-0.1, -0.05) is 12.1 Å². The molecular weight excluding hydrogens is 593 g/mol. The molecule has 199 valence electrons. The molecule has 0 aliphatic heterocycles. The van der Waals surface area contributed by atoms with Crippen molar-refractivity contribution in [2.45, 2.75) is 13.8 Å². The standard InChI is InChI=1S/C20H14N7O8.2ClH.Fe/c1-11(21-13-5-15(24(28)29)9-16(6-13)25(30)31)19-3-4-20(23-19)12(2)22-14-7-17(26(32)33)10-18(8-14)27(34)35;;;/h3-10H,1-2H3;2*1H;/q-1;;;+3/p-2. The third-order valence-corrected chi connectivity index (χ3v) is 4.59. The van der Waals surface area contributed by atoms with Gasteiger partial charge in [0.2, 0.25) is 0 Å². The third kappa shape index (κ3) is 8.14. The molecule has 15 nitrogen and oxygen atoms in total. The van der Waals surface area contributed by atoms with Crippen LogP contribution in [0.4, 0.5) is 34.1 Å². The number of hydrogen-bond donors (Lipinski definition) is 0. The molecule has 3 rings (SSSR count). The van der Waals surface area contributed by atoms with Gasteiger partial charge >= 0.3 is 33.3 Å². The molecule has 0 aliphatic rings. The van der Waals surface area contributed by atoms with E-state index in [0.29, 0.717) is 22.8 Å². The second-order valence-electron chi connectivity index (χ2n) is 7.10. The Bertz CT molecular complexity index is 1300. The van der Waals surface area contributed by atoms with Crippen LogP contribution in [0.25, 0.3) is 0 Å². The van der Waals surface area contributed by atoms with Crippen LogP contribution in [0.5, 0.6) is 0 Å². The Hall–Kier alpha value is -4.24. The second-order valence-corrected chi connectivity index (χ2v) is 8.93. The number of benzene rings is 2. The van der Waals surface area contributed by atoms with Crippen molar-refractivity contribution >= 4 is 65.7 Å². The van der Waals surface area contributed by atoms with Gasteiger partial charge in [0.15, 0.2) is 0 Å². The molecule has 0 spiro atoms. The molecule has 0 atom stereocenters. The summed E-state index contributed by atoms with van der Waals surface area (Å²) >= 11 is 0.194. The predicted molar refractivity (Wildman–Crippen MR) is 135 cm³/mol. The summed E-state index contributed by atoms with van der Waals surface area (Å²) in [6, 6.07) is 9.12. The van der Waals surface area contributed by atoms with Gasteiger partial charge in [0.05, 0.1) is 43.2 Å². The Morgan fingerprint density at radius 2 is 0.921 bits per heavy atom. The first-order valence-corrected chi connectivity index (χ1v) is 12.9. The van der Waals surface area contributed by atoms with Crippen LogP contribution in [0.2, 0.25) is 0 Å². The summed E-state index contributed by atoms with van der Waals surface area (Å²) < 4.78 is 0. The van der Waals surface area contributed by atoms with Crippen LogP contribution in [-0.2, 0) is 13.1 Å². The van der Waals surface area contributed by atoms with E-state index in [1.807, 2.05) is 0 Å². The van der Waals surface area contributed by atoms with Crippen molar-refractivity contribution in [3.63, 3.8) is 0 Å². The van der Waals surface area contributed by atoms with Gasteiger partial charge in [-0.3, -0.25) is 50.4 Å². The molecule has 0 bridgehead atoms. The van der Waals surface area contributed by atoms with E-state index in [0.717, 1.165) is 36.4 Å². The Kier molecular flexibility index (Phi) is 10.5. The molecule has 0 unspecified atom stereocenters. The molecule has 0 N–H and O–H groups in total. The van der Waals surface area contributed by atoms with Crippen LogP contribution >= 0.6 is 20.2 Å². The van der Waals surface area contributed by atoms with Crippen molar-refractivity contribution in [1.82, 2.24) is 4.98 Å². The summed E-state index contributed by atoms with van der Waals surface area (Å²) in [7, 11) is 9.53. The van der Waals surface area contributed by atoms with Gasteiger partial charge in [0.1, 0.15) is 0 Å². The maximum atomic E-state index is 11.1. The fourth-order valence-electron chi connectivity index (χ4n) is 2.98. The molecule has 0 saturated heterocycles. The first kappa shape index (κ1) is 30.0. The molecule has 0 aliphatic carbocycles. The minimum atomic E-state index is -0.766. The molecule has 38 heavy (non-hydrogen) atoms. The molecule has 2 aromatic carbocycles. The van der Waals surface area contributed by atoms with Gasteiger partial charge < -0.3 is 4.98 Å². The van der Waals surface area contributed by atoms with Crippen LogP contribution in [-0.4, -0.2) is 31.1 Å². The van der Waals surface area contributed by atoms with Gasteiger partial charge in [0.25, 0.3) is 22.7 Å². The zero-order valence-corrected chi connectivity index (χ0v) is 21.7. The van der Waals surface area contributed by atoms with E-state index >= 15 is 0 Å². The maximum absolute atomic E-state index is 11.1. The Morgan fingerprint density at radius 1 is 0.658 bits per heavy atom. The number of halogens is 2. The summed E-state index contributed by atoms with van der Waals surface area (Å²) in [5, 5.41) is 44.3. The van der Waals surface area contributed by atoms with Crippen LogP contribution in [0.1, 0.15) is 25.2 Å². The van der Waals surface area contributed by atoms with Crippen molar-refractivity contribution in [3.05, 3.63) is 100 Å². The van der Waals surface area contributed by atoms with Crippen LogP contribution in [0.15, 0.2) is 58.5 Å². The second kappa shape index (κ2) is 13.3. The van der Waals surface area contributed by atoms with E-state index in [1.165, 1.54) is 0 Å². The van der Waals surface area contributed by atoms with E-state index in [-0.39, 0.29) is 24.5 Å². The Labute approximate surface area is 227 Å². The van der Waals surface area contributed by atoms with E-state index in [1.54, 1.807) is 26.0 Å². The van der Waals surface area contributed by atoms with E-state index in [2.05, 4.69) is 15.0 Å². The van der Waals surface area contributed by atoms with Crippen LogP contribution in [0.3, 0.4) is 0 Å². The Balaban J connectivity index is 0.00000161. The van der Waals surface area contributed by atoms with Crippen molar-refractivity contribution in [3.8, 4) is 0 Å². The molecule has 1 aromatic heterocycles. The number of aliphatic imine (C=N–C) groups is 2. The molecule has 18 heteroatoms. The number of non-ortho nitro benzene ring substituents is 4. The van der Waals surface area contributed by atoms with Gasteiger partial charge in [-0.05, 0) is 13.8 Å².